The summed E-state index contributed by atoms with van der Waals surface area (Å²) >= 11 is 0. The highest BCUT2D eigenvalue weighted by molar-refractivity contribution is 5.66. The van der Waals surface area contributed by atoms with Crippen LogP contribution >= 0.6 is 0 Å². The number of hydrogen-bond donors (Lipinski definition) is 2. The first kappa shape index (κ1) is 12.2. The largest absolute Gasteiger partial charge is 0.447 e. The number of hydrogen-bond acceptors (Lipinski definition) is 4. The Balaban J connectivity index is 3.11. The Kier molecular flexibility index (Phi) is 8.70. The number of alkyl carbamates (subject to hydrolysis) is 1. The lowest BCUT2D eigenvalue weighted by Crippen LogP contribution is -2.26. The van der Waals surface area contributed by atoms with Crippen LogP contribution in [0.1, 0.15) is 13.3 Å². The van der Waals surface area contributed by atoms with Gasteiger partial charge in [-0.2, -0.15) is 0 Å². The van der Waals surface area contributed by atoms with Crippen molar-refractivity contribution in [1.82, 2.24) is 5.32 Å². The summed E-state index contributed by atoms with van der Waals surface area (Å²) in [4.78, 5) is 10.8. The standard InChI is InChI=1S/C8H16NO4/c1-2-12-6-7-13-8(11)9-4-3-5-10/h2,10H,3-7H2,1H3,(H,9,11). The maximum absolute atomic E-state index is 10.8. The Labute approximate surface area is 78.0 Å². The highest BCUT2D eigenvalue weighted by atomic mass is 16.6. The molecule has 0 saturated heterocycles. The molecule has 1 radical (unpaired) electrons. The second-order valence-electron chi connectivity index (χ2n) is 2.25. The van der Waals surface area contributed by atoms with E-state index in [0.717, 1.165) is 0 Å². The molecular formula is C8H16NO4. The van der Waals surface area contributed by atoms with Gasteiger partial charge in [0.25, 0.3) is 0 Å². The number of nitrogens with one attached hydrogen (secondary N) is 1. The van der Waals surface area contributed by atoms with Crippen LogP contribution in [0, 0.1) is 6.61 Å². The Morgan fingerprint density at radius 1 is 1.54 bits per heavy atom. The Morgan fingerprint density at radius 3 is 2.92 bits per heavy atom. The average Bonchev–Trinajstić information content (AvgIpc) is 2.13. The monoisotopic (exact) mass is 190 g/mol. The lowest BCUT2D eigenvalue weighted by molar-refractivity contribution is 0.101. The fraction of sp³-hybridized carbons (Fsp3) is 0.750. The molecule has 0 aliphatic carbocycles. The normalized spacial score (nSPS) is 9.69. The van der Waals surface area contributed by atoms with Gasteiger partial charge in [0.15, 0.2) is 0 Å². The Hall–Kier alpha value is -0.810. The third kappa shape index (κ3) is 9.10. The fourth-order valence-electron chi connectivity index (χ4n) is 0.621. The van der Waals surface area contributed by atoms with E-state index in [4.69, 9.17) is 14.6 Å². The van der Waals surface area contributed by atoms with E-state index in [1.807, 2.05) is 0 Å². The maximum atomic E-state index is 10.8. The zero-order valence-electron chi connectivity index (χ0n) is 7.78. The first-order valence-electron chi connectivity index (χ1n) is 4.22. The van der Waals surface area contributed by atoms with Crippen molar-refractivity contribution in [2.24, 2.45) is 0 Å². The zero-order chi connectivity index (χ0) is 9.94. The van der Waals surface area contributed by atoms with Gasteiger partial charge in [-0.15, -0.1) is 0 Å². The van der Waals surface area contributed by atoms with Crippen molar-refractivity contribution >= 4 is 6.09 Å². The highest BCUT2D eigenvalue weighted by Crippen LogP contribution is 1.82. The van der Waals surface area contributed by atoms with E-state index in [1.165, 1.54) is 6.61 Å². The molecule has 5 nitrogen and oxygen atoms in total. The summed E-state index contributed by atoms with van der Waals surface area (Å²) in [6, 6.07) is 0. The first-order chi connectivity index (χ1) is 6.31. The third-order valence-electron chi connectivity index (χ3n) is 1.21. The number of ether oxygens (including phenoxy) is 2. The van der Waals surface area contributed by atoms with Crippen molar-refractivity contribution in [3.8, 4) is 0 Å². The van der Waals surface area contributed by atoms with Crippen molar-refractivity contribution in [2.75, 3.05) is 26.4 Å². The predicted molar refractivity (Wildman–Crippen MR) is 47.0 cm³/mol. The second-order valence-corrected chi connectivity index (χ2v) is 2.25. The quantitative estimate of drug-likeness (QED) is 0.566. The van der Waals surface area contributed by atoms with Crippen LogP contribution in [0.2, 0.25) is 0 Å². The summed E-state index contributed by atoms with van der Waals surface area (Å²) in [7, 11) is 0. The fourth-order valence-corrected chi connectivity index (χ4v) is 0.621. The molecule has 0 unspecified atom stereocenters. The number of aliphatic hydroxyl groups is 1. The van der Waals surface area contributed by atoms with E-state index >= 15 is 0 Å². The molecule has 0 aromatic carbocycles. The number of carbonyl (C=O) groups excluding carboxylic acids is 1. The average molecular weight is 190 g/mol. The van der Waals surface area contributed by atoms with Gasteiger partial charge >= 0.3 is 6.09 Å². The van der Waals surface area contributed by atoms with Gasteiger partial charge in [-0.25, -0.2) is 4.79 Å². The van der Waals surface area contributed by atoms with Crippen LogP contribution in [0.3, 0.4) is 0 Å². The summed E-state index contributed by atoms with van der Waals surface area (Å²) in [6.07, 6.45) is 0.0575. The van der Waals surface area contributed by atoms with Gasteiger partial charge in [-0.3, -0.25) is 0 Å². The minimum Gasteiger partial charge on any atom is -0.447 e. The van der Waals surface area contributed by atoms with Crippen LogP contribution in [0.25, 0.3) is 0 Å². The van der Waals surface area contributed by atoms with Crippen LogP contribution in [0.5, 0.6) is 0 Å². The van der Waals surface area contributed by atoms with Gasteiger partial charge in [-0.1, -0.05) is 0 Å². The molecule has 2 N–H and O–H groups in total. The van der Waals surface area contributed by atoms with Crippen molar-refractivity contribution in [3.05, 3.63) is 6.61 Å². The zero-order valence-corrected chi connectivity index (χ0v) is 7.78. The first-order valence-corrected chi connectivity index (χ1v) is 4.22. The van der Waals surface area contributed by atoms with Gasteiger partial charge in [0.1, 0.15) is 6.61 Å². The molecular weight excluding hydrogens is 174 g/mol. The molecule has 5 heteroatoms. The summed E-state index contributed by atoms with van der Waals surface area (Å²) < 4.78 is 9.55. The summed E-state index contributed by atoms with van der Waals surface area (Å²) in [5.41, 5.74) is 0. The maximum Gasteiger partial charge on any atom is 0.407 e. The molecule has 1 amide bonds. The molecule has 0 aliphatic rings. The van der Waals surface area contributed by atoms with E-state index in [-0.39, 0.29) is 13.2 Å². The van der Waals surface area contributed by atoms with Crippen molar-refractivity contribution in [2.45, 2.75) is 13.3 Å². The molecule has 0 heterocycles. The van der Waals surface area contributed by atoms with Crippen molar-refractivity contribution in [3.63, 3.8) is 0 Å². The molecule has 0 aromatic rings. The number of amides is 1. The van der Waals surface area contributed by atoms with Crippen LogP contribution in [0.15, 0.2) is 0 Å². The molecule has 0 aliphatic heterocycles. The highest BCUT2D eigenvalue weighted by Gasteiger charge is 1.99. The number of rotatable bonds is 7. The van der Waals surface area contributed by atoms with E-state index in [2.05, 4.69) is 5.32 Å². The van der Waals surface area contributed by atoms with E-state index in [1.54, 1.807) is 6.92 Å². The molecule has 77 valence electrons. The lowest BCUT2D eigenvalue weighted by Gasteiger charge is -2.05. The van der Waals surface area contributed by atoms with E-state index in [0.29, 0.717) is 19.6 Å². The minimum absolute atomic E-state index is 0.0637. The molecule has 0 bridgehead atoms. The third-order valence-corrected chi connectivity index (χ3v) is 1.21. The Morgan fingerprint density at radius 2 is 2.31 bits per heavy atom. The Bertz CT molecular complexity index is 129. The topological polar surface area (TPSA) is 67.8 Å². The smallest absolute Gasteiger partial charge is 0.407 e. The van der Waals surface area contributed by atoms with E-state index in [9.17, 15) is 4.79 Å². The van der Waals surface area contributed by atoms with E-state index < -0.39 is 6.09 Å². The summed E-state index contributed by atoms with van der Waals surface area (Å²) in [6.45, 7) is 4.37. The summed E-state index contributed by atoms with van der Waals surface area (Å²) in [5, 5.41) is 10.9. The van der Waals surface area contributed by atoms with Gasteiger partial charge in [-0.05, 0) is 13.3 Å². The van der Waals surface area contributed by atoms with Crippen LogP contribution in [-0.4, -0.2) is 37.6 Å². The van der Waals surface area contributed by atoms with Gasteiger partial charge < -0.3 is 19.9 Å². The molecule has 0 saturated carbocycles. The molecule has 0 aromatic heterocycles. The number of carbonyl (C=O) groups is 1. The van der Waals surface area contributed by atoms with Gasteiger partial charge in [0.2, 0.25) is 0 Å². The van der Waals surface area contributed by atoms with Crippen LogP contribution in [0.4, 0.5) is 4.79 Å². The van der Waals surface area contributed by atoms with Crippen molar-refractivity contribution < 1.29 is 19.4 Å². The second kappa shape index (κ2) is 9.28. The molecule has 0 fully saturated rings. The van der Waals surface area contributed by atoms with Gasteiger partial charge in [0.05, 0.1) is 13.2 Å². The lowest BCUT2D eigenvalue weighted by atomic mass is 10.5. The molecule has 0 atom stereocenters. The predicted octanol–water partition coefficient (Wildman–Crippen LogP) is 0.293. The molecule has 0 rings (SSSR count). The van der Waals surface area contributed by atoms with Crippen molar-refractivity contribution in [1.29, 1.82) is 0 Å². The molecule has 13 heavy (non-hydrogen) atoms. The van der Waals surface area contributed by atoms with Gasteiger partial charge in [0, 0.05) is 13.2 Å². The molecule has 0 spiro atoms. The number of aliphatic hydroxyl groups excluding tert-OH is 1. The SMILES string of the molecule is C[CH]OCCOC(=O)NCCCO. The minimum atomic E-state index is -0.479. The summed E-state index contributed by atoms with van der Waals surface area (Å²) in [5.74, 6) is 0. The van der Waals surface area contributed by atoms with Crippen LogP contribution in [-0.2, 0) is 9.47 Å². The van der Waals surface area contributed by atoms with Crippen LogP contribution < -0.4 is 5.32 Å².